The fourth-order valence-corrected chi connectivity index (χ4v) is 3.60. The third-order valence-corrected chi connectivity index (χ3v) is 5.38. The summed E-state index contributed by atoms with van der Waals surface area (Å²) < 4.78 is 9.36. The van der Waals surface area contributed by atoms with Gasteiger partial charge in [0.1, 0.15) is 11.0 Å². The van der Waals surface area contributed by atoms with E-state index in [0.29, 0.717) is 29.3 Å². The molecule has 138 valence electrons. The van der Waals surface area contributed by atoms with Gasteiger partial charge < -0.3 is 19.3 Å². The number of aromatic nitrogens is 4. The average Bonchev–Trinajstić information content (AvgIpc) is 3.27. The summed E-state index contributed by atoms with van der Waals surface area (Å²) in [7, 11) is 3.47. The Morgan fingerprint density at radius 1 is 1.11 bits per heavy atom. The van der Waals surface area contributed by atoms with Crippen LogP contribution in [0.25, 0.3) is 33.1 Å². The molecule has 1 saturated carbocycles. The summed E-state index contributed by atoms with van der Waals surface area (Å²) >= 11 is 0. The Bertz CT molecular complexity index is 1300. The largest absolute Gasteiger partial charge is 0.490 e. The van der Waals surface area contributed by atoms with Crippen LogP contribution in [0.3, 0.4) is 0 Å². The highest BCUT2D eigenvalue weighted by atomic mass is 16.5. The number of fused-ring (bicyclic) bond motifs is 2. The van der Waals surface area contributed by atoms with Gasteiger partial charge in [0.05, 0.1) is 12.1 Å². The average molecular weight is 364 g/mol. The van der Waals surface area contributed by atoms with E-state index in [1.807, 2.05) is 24.4 Å². The van der Waals surface area contributed by atoms with Crippen LogP contribution in [0.4, 0.5) is 0 Å². The summed E-state index contributed by atoms with van der Waals surface area (Å²) in [5, 5.41) is 0.840. The number of hydrogen-bond acceptors (Lipinski definition) is 3. The summed E-state index contributed by atoms with van der Waals surface area (Å²) in [6, 6.07) is 5.77. The van der Waals surface area contributed by atoms with Crippen LogP contribution in [0.15, 0.2) is 40.2 Å². The second-order valence-electron chi connectivity index (χ2n) is 7.31. The van der Waals surface area contributed by atoms with Gasteiger partial charge in [-0.3, -0.25) is 9.36 Å². The van der Waals surface area contributed by atoms with E-state index < -0.39 is 0 Å². The van der Waals surface area contributed by atoms with E-state index in [1.165, 1.54) is 12.8 Å². The first-order chi connectivity index (χ1) is 13.0. The molecular formula is C20H20N4O3. The van der Waals surface area contributed by atoms with Gasteiger partial charge in [0, 0.05) is 43.0 Å². The van der Waals surface area contributed by atoms with E-state index >= 15 is 0 Å². The predicted octanol–water partition coefficient (Wildman–Crippen LogP) is 2.50. The van der Waals surface area contributed by atoms with Gasteiger partial charge in [-0.05, 0) is 37.0 Å². The van der Waals surface area contributed by atoms with Crippen LogP contribution in [0, 0.1) is 5.92 Å². The molecule has 5 rings (SSSR count). The van der Waals surface area contributed by atoms with Crippen LogP contribution in [0.1, 0.15) is 12.8 Å². The molecule has 0 atom stereocenters. The third kappa shape index (κ3) is 2.42. The fraction of sp³-hybridized carbons (Fsp3) is 0.300. The lowest BCUT2D eigenvalue weighted by molar-refractivity contribution is 0.304. The minimum absolute atomic E-state index is 0.0756. The number of rotatable bonds is 4. The second kappa shape index (κ2) is 5.64. The minimum Gasteiger partial charge on any atom is -0.490 e. The molecule has 2 N–H and O–H groups in total. The Morgan fingerprint density at radius 3 is 2.70 bits per heavy atom. The van der Waals surface area contributed by atoms with E-state index in [9.17, 15) is 9.59 Å². The van der Waals surface area contributed by atoms with Crippen molar-refractivity contribution in [2.45, 2.75) is 12.8 Å². The van der Waals surface area contributed by atoms with Gasteiger partial charge >= 0.3 is 5.69 Å². The number of aryl methyl sites for hydroxylation is 2. The van der Waals surface area contributed by atoms with Crippen molar-refractivity contribution >= 4 is 21.9 Å². The second-order valence-corrected chi connectivity index (χ2v) is 7.31. The Kier molecular flexibility index (Phi) is 3.34. The van der Waals surface area contributed by atoms with E-state index in [-0.39, 0.29) is 11.2 Å². The summed E-state index contributed by atoms with van der Waals surface area (Å²) in [5.74, 6) is 1.24. The summed E-state index contributed by atoms with van der Waals surface area (Å²) in [5.41, 5.74) is 3.56. The lowest BCUT2D eigenvalue weighted by Gasteiger charge is -2.14. The van der Waals surface area contributed by atoms with Crippen molar-refractivity contribution in [3.8, 4) is 16.9 Å². The van der Waals surface area contributed by atoms with Gasteiger partial charge in [0.15, 0.2) is 5.75 Å². The zero-order chi connectivity index (χ0) is 18.7. The first-order valence-corrected chi connectivity index (χ1v) is 9.06. The molecule has 7 heteroatoms. The van der Waals surface area contributed by atoms with Crippen LogP contribution >= 0.6 is 0 Å². The fourth-order valence-electron chi connectivity index (χ4n) is 3.60. The quantitative estimate of drug-likeness (QED) is 0.583. The van der Waals surface area contributed by atoms with Crippen molar-refractivity contribution in [3.63, 3.8) is 0 Å². The minimum atomic E-state index is -0.175. The molecule has 27 heavy (non-hydrogen) atoms. The van der Waals surface area contributed by atoms with Gasteiger partial charge in [-0.1, -0.05) is 0 Å². The van der Waals surface area contributed by atoms with Crippen LogP contribution in [0.2, 0.25) is 0 Å². The molecule has 0 unspecified atom stereocenters. The van der Waals surface area contributed by atoms with E-state index in [1.54, 1.807) is 29.4 Å². The highest BCUT2D eigenvalue weighted by Gasteiger charge is 2.24. The lowest BCUT2D eigenvalue weighted by atomic mass is 10.0. The van der Waals surface area contributed by atoms with E-state index in [4.69, 9.17) is 4.74 Å². The van der Waals surface area contributed by atoms with Gasteiger partial charge in [-0.25, -0.2) is 4.79 Å². The molecule has 4 aromatic rings. The molecule has 0 amide bonds. The van der Waals surface area contributed by atoms with Crippen molar-refractivity contribution in [3.05, 3.63) is 51.4 Å². The molecule has 1 aliphatic carbocycles. The maximum atomic E-state index is 12.4. The molecule has 0 saturated heterocycles. The molecule has 1 aliphatic rings. The van der Waals surface area contributed by atoms with Crippen LogP contribution < -0.4 is 16.0 Å². The maximum absolute atomic E-state index is 12.4. The Labute approximate surface area is 154 Å². The SMILES string of the molecule is Cn1cc(-c2ccc3c([nH]c(=O)n3C)c2OCC2CC2)c2cc[nH]c2c1=O. The Hall–Kier alpha value is -3.22. The smallest absolute Gasteiger partial charge is 0.326 e. The topological polar surface area (TPSA) is 84.8 Å². The van der Waals surface area contributed by atoms with Crippen LogP contribution in [0.5, 0.6) is 5.75 Å². The zero-order valence-corrected chi connectivity index (χ0v) is 15.2. The number of ether oxygens (including phenoxy) is 1. The number of pyridine rings is 1. The standard InChI is InChI=1S/C20H20N4O3/c1-23-9-14(12-7-8-21-16(12)19(23)25)13-5-6-15-17(22-20(26)24(15)2)18(13)27-10-11-3-4-11/h5-9,11,21H,3-4,10H2,1-2H3,(H,22,26). The molecule has 1 aromatic carbocycles. The number of nitrogens with one attached hydrogen (secondary N) is 2. The van der Waals surface area contributed by atoms with Crippen molar-refractivity contribution in [2.24, 2.45) is 20.0 Å². The first kappa shape index (κ1) is 16.0. The van der Waals surface area contributed by atoms with Gasteiger partial charge in [-0.15, -0.1) is 0 Å². The predicted molar refractivity (Wildman–Crippen MR) is 104 cm³/mol. The lowest BCUT2D eigenvalue weighted by Crippen LogP contribution is -2.16. The molecular weight excluding hydrogens is 344 g/mol. The normalized spacial score (nSPS) is 14.3. The van der Waals surface area contributed by atoms with Gasteiger partial charge in [-0.2, -0.15) is 0 Å². The molecule has 0 bridgehead atoms. The molecule has 0 radical (unpaired) electrons. The highest BCUT2D eigenvalue weighted by Crippen LogP contribution is 2.39. The number of benzene rings is 1. The molecule has 0 spiro atoms. The van der Waals surface area contributed by atoms with Crippen molar-refractivity contribution < 1.29 is 4.74 Å². The zero-order valence-electron chi connectivity index (χ0n) is 15.2. The summed E-state index contributed by atoms with van der Waals surface area (Å²) in [4.78, 5) is 30.5. The van der Waals surface area contributed by atoms with Crippen LogP contribution in [-0.4, -0.2) is 25.7 Å². The number of nitrogens with zero attached hydrogens (tertiary/aromatic N) is 2. The van der Waals surface area contributed by atoms with E-state index in [0.717, 1.165) is 22.0 Å². The first-order valence-electron chi connectivity index (χ1n) is 9.06. The van der Waals surface area contributed by atoms with Gasteiger partial charge in [0.25, 0.3) is 5.56 Å². The maximum Gasteiger partial charge on any atom is 0.326 e. The van der Waals surface area contributed by atoms with Crippen molar-refractivity contribution in [1.29, 1.82) is 0 Å². The van der Waals surface area contributed by atoms with Crippen molar-refractivity contribution in [1.82, 2.24) is 19.1 Å². The highest BCUT2D eigenvalue weighted by molar-refractivity contribution is 6.00. The number of hydrogen-bond donors (Lipinski definition) is 2. The number of aromatic amines is 2. The Morgan fingerprint density at radius 2 is 1.93 bits per heavy atom. The molecule has 0 aliphatic heterocycles. The number of H-pyrrole nitrogens is 2. The molecule has 1 fully saturated rings. The van der Waals surface area contributed by atoms with E-state index in [2.05, 4.69) is 9.97 Å². The summed E-state index contributed by atoms with van der Waals surface area (Å²) in [6.45, 7) is 0.630. The van der Waals surface area contributed by atoms with Gasteiger partial charge in [0.2, 0.25) is 0 Å². The monoisotopic (exact) mass is 364 g/mol. The summed E-state index contributed by atoms with van der Waals surface area (Å²) in [6.07, 6.45) is 5.95. The van der Waals surface area contributed by atoms with Crippen LogP contribution in [-0.2, 0) is 14.1 Å². The number of imidazole rings is 1. The molecule has 7 nitrogen and oxygen atoms in total. The Balaban J connectivity index is 1.81. The molecule has 3 aromatic heterocycles. The van der Waals surface area contributed by atoms with Crippen molar-refractivity contribution in [2.75, 3.05) is 6.61 Å². The molecule has 3 heterocycles. The third-order valence-electron chi connectivity index (χ3n) is 5.38.